The van der Waals surface area contributed by atoms with E-state index in [1.165, 1.54) is 0 Å². The van der Waals surface area contributed by atoms with Crippen molar-refractivity contribution in [3.63, 3.8) is 0 Å². The fourth-order valence-corrected chi connectivity index (χ4v) is 2.33. The minimum Gasteiger partial charge on any atom is -0.507 e. The summed E-state index contributed by atoms with van der Waals surface area (Å²) in [4.78, 5) is 4.39. The predicted molar refractivity (Wildman–Crippen MR) is 82.2 cm³/mol. The summed E-state index contributed by atoms with van der Waals surface area (Å²) in [6, 6.07) is 19.7. The van der Waals surface area contributed by atoms with Crippen LogP contribution in [-0.4, -0.2) is 17.2 Å². The van der Waals surface area contributed by atoms with Gasteiger partial charge in [-0.15, -0.1) is 0 Å². The molecular weight excluding hydrogens is 262 g/mol. The van der Waals surface area contributed by atoms with Crippen molar-refractivity contribution in [2.24, 2.45) is 0 Å². The molecule has 2 aromatic carbocycles. The quantitative estimate of drug-likeness (QED) is 0.788. The lowest BCUT2D eigenvalue weighted by atomic mass is 9.95. The fraction of sp³-hybridized carbons (Fsp3) is 0.0556. The molecule has 0 unspecified atom stereocenters. The lowest BCUT2D eigenvalue weighted by Crippen LogP contribution is -1.93. The van der Waals surface area contributed by atoms with Crippen LogP contribution in [0.15, 0.2) is 60.8 Å². The number of aromatic nitrogens is 1. The van der Waals surface area contributed by atoms with Crippen LogP contribution in [0.3, 0.4) is 0 Å². The molecule has 103 valence electrons. The number of aromatic hydroxyl groups is 1. The van der Waals surface area contributed by atoms with Crippen LogP contribution in [0, 0.1) is 6.07 Å². The number of nitrogens with zero attached hydrogens (tertiary/aromatic N) is 1. The number of ether oxygens (including phenoxy) is 1. The number of hydrogen-bond donors (Lipinski definition) is 1. The highest BCUT2D eigenvalue weighted by molar-refractivity contribution is 5.88. The summed E-state index contributed by atoms with van der Waals surface area (Å²) in [5, 5.41) is 10.2. The smallest absolute Gasteiger partial charge is 0.135 e. The topological polar surface area (TPSA) is 42.4 Å². The Morgan fingerprint density at radius 1 is 1.00 bits per heavy atom. The summed E-state index contributed by atoms with van der Waals surface area (Å²) < 4.78 is 5.42. The van der Waals surface area contributed by atoms with Gasteiger partial charge in [-0.3, -0.25) is 4.98 Å². The molecule has 3 aromatic rings. The molecule has 21 heavy (non-hydrogen) atoms. The zero-order chi connectivity index (χ0) is 14.7. The molecule has 1 heterocycles. The Kier molecular flexibility index (Phi) is 3.56. The monoisotopic (exact) mass is 276 g/mol. The second-order valence-corrected chi connectivity index (χ2v) is 4.53. The zero-order valence-electron chi connectivity index (χ0n) is 11.6. The largest absolute Gasteiger partial charge is 0.507 e. The van der Waals surface area contributed by atoms with Gasteiger partial charge in [0.15, 0.2) is 0 Å². The Bertz CT molecular complexity index is 754. The first-order chi connectivity index (χ1) is 10.3. The molecule has 0 saturated carbocycles. The van der Waals surface area contributed by atoms with Crippen molar-refractivity contribution in [3.8, 4) is 33.9 Å². The van der Waals surface area contributed by atoms with Crippen molar-refractivity contribution in [1.82, 2.24) is 4.98 Å². The second-order valence-electron chi connectivity index (χ2n) is 4.53. The van der Waals surface area contributed by atoms with Crippen LogP contribution >= 0.6 is 0 Å². The van der Waals surface area contributed by atoms with Crippen LogP contribution in [0.2, 0.25) is 0 Å². The maximum absolute atomic E-state index is 10.2. The molecule has 1 aromatic heterocycles. The minimum atomic E-state index is 0.201. The third kappa shape index (κ3) is 2.46. The van der Waals surface area contributed by atoms with Crippen molar-refractivity contribution in [1.29, 1.82) is 0 Å². The van der Waals surface area contributed by atoms with Gasteiger partial charge in [0.25, 0.3) is 0 Å². The number of methoxy groups -OCH3 is 1. The lowest BCUT2D eigenvalue weighted by molar-refractivity contribution is 0.415. The Morgan fingerprint density at radius 3 is 2.52 bits per heavy atom. The van der Waals surface area contributed by atoms with Crippen molar-refractivity contribution in [2.45, 2.75) is 0 Å². The number of para-hydroxylation sites is 1. The molecule has 1 radical (unpaired) electrons. The molecule has 3 heteroatoms. The first kappa shape index (κ1) is 13.2. The molecule has 0 atom stereocenters. The third-order valence-corrected chi connectivity index (χ3v) is 3.28. The molecule has 0 saturated heterocycles. The molecular formula is C18H14NO2. The summed E-state index contributed by atoms with van der Waals surface area (Å²) in [5.41, 5.74) is 3.21. The van der Waals surface area contributed by atoms with Gasteiger partial charge in [-0.1, -0.05) is 30.3 Å². The van der Waals surface area contributed by atoms with Gasteiger partial charge < -0.3 is 9.84 Å². The third-order valence-electron chi connectivity index (χ3n) is 3.28. The molecule has 0 amide bonds. The second kappa shape index (κ2) is 5.67. The summed E-state index contributed by atoms with van der Waals surface area (Å²) in [5.74, 6) is 0.784. The highest BCUT2D eigenvalue weighted by Gasteiger charge is 2.16. The molecule has 0 fully saturated rings. The highest BCUT2D eigenvalue weighted by Crippen LogP contribution is 2.41. The Labute approximate surface area is 123 Å². The zero-order valence-corrected chi connectivity index (χ0v) is 11.6. The van der Waals surface area contributed by atoms with E-state index in [1.54, 1.807) is 31.5 Å². The van der Waals surface area contributed by atoms with E-state index >= 15 is 0 Å². The van der Waals surface area contributed by atoms with E-state index in [0.29, 0.717) is 11.3 Å². The van der Waals surface area contributed by atoms with E-state index < -0.39 is 0 Å². The van der Waals surface area contributed by atoms with Gasteiger partial charge in [0, 0.05) is 29.0 Å². The van der Waals surface area contributed by atoms with Crippen LogP contribution < -0.4 is 4.74 Å². The number of pyridine rings is 1. The van der Waals surface area contributed by atoms with E-state index in [0.717, 1.165) is 16.8 Å². The van der Waals surface area contributed by atoms with Crippen LogP contribution in [0.5, 0.6) is 11.5 Å². The fourth-order valence-electron chi connectivity index (χ4n) is 2.33. The first-order valence-electron chi connectivity index (χ1n) is 6.59. The summed E-state index contributed by atoms with van der Waals surface area (Å²) in [6.45, 7) is 0. The Balaban J connectivity index is 2.30. The average molecular weight is 276 g/mol. The van der Waals surface area contributed by atoms with Crippen molar-refractivity contribution in [3.05, 3.63) is 66.9 Å². The number of hydrogen-bond acceptors (Lipinski definition) is 3. The molecule has 1 N–H and O–H groups in total. The molecule has 3 rings (SSSR count). The average Bonchev–Trinajstić information content (AvgIpc) is 2.55. The maximum atomic E-state index is 10.2. The van der Waals surface area contributed by atoms with Gasteiger partial charge in [0.05, 0.1) is 12.8 Å². The highest BCUT2D eigenvalue weighted by atomic mass is 16.5. The molecule has 0 bridgehead atoms. The van der Waals surface area contributed by atoms with Crippen LogP contribution in [0.1, 0.15) is 0 Å². The standard InChI is InChI=1S/C18H14NO2/c1-21-17-11-6-8-13(15-9-4-5-12-19-15)18(17)14-7-2-3-10-16(14)20/h2-10,12,20H,1H3. The van der Waals surface area contributed by atoms with Crippen LogP contribution in [0.4, 0.5) is 0 Å². The Hall–Kier alpha value is -2.81. The molecule has 0 aliphatic carbocycles. The Morgan fingerprint density at radius 2 is 1.81 bits per heavy atom. The summed E-state index contributed by atoms with van der Waals surface area (Å²) in [6.07, 6.45) is 1.74. The van der Waals surface area contributed by atoms with Gasteiger partial charge in [-0.2, -0.15) is 0 Å². The van der Waals surface area contributed by atoms with Gasteiger partial charge in [0.1, 0.15) is 11.5 Å². The maximum Gasteiger partial charge on any atom is 0.135 e. The number of phenols is 1. The van der Waals surface area contributed by atoms with Crippen LogP contribution in [-0.2, 0) is 0 Å². The van der Waals surface area contributed by atoms with E-state index in [1.807, 2.05) is 36.4 Å². The molecule has 3 nitrogen and oxygen atoms in total. The summed E-state index contributed by atoms with van der Waals surface area (Å²) >= 11 is 0. The SMILES string of the molecule is COc1[c]ccc(-c2ccccn2)c1-c1ccccc1O. The number of rotatable bonds is 3. The van der Waals surface area contributed by atoms with Gasteiger partial charge in [0.2, 0.25) is 0 Å². The van der Waals surface area contributed by atoms with E-state index in [9.17, 15) is 5.11 Å². The van der Waals surface area contributed by atoms with Crippen molar-refractivity contribution >= 4 is 0 Å². The summed E-state index contributed by atoms with van der Waals surface area (Å²) in [7, 11) is 1.59. The first-order valence-corrected chi connectivity index (χ1v) is 6.59. The van der Waals surface area contributed by atoms with E-state index in [4.69, 9.17) is 4.74 Å². The van der Waals surface area contributed by atoms with E-state index in [2.05, 4.69) is 11.1 Å². The van der Waals surface area contributed by atoms with Gasteiger partial charge >= 0.3 is 0 Å². The molecule has 0 aliphatic heterocycles. The normalized spacial score (nSPS) is 10.3. The predicted octanol–water partition coefficient (Wildman–Crippen LogP) is 3.93. The molecule has 0 aliphatic rings. The van der Waals surface area contributed by atoms with Crippen molar-refractivity contribution < 1.29 is 9.84 Å². The lowest BCUT2D eigenvalue weighted by Gasteiger charge is -2.14. The van der Waals surface area contributed by atoms with Crippen LogP contribution in [0.25, 0.3) is 22.4 Å². The number of benzene rings is 2. The van der Waals surface area contributed by atoms with Gasteiger partial charge in [-0.25, -0.2) is 0 Å². The van der Waals surface area contributed by atoms with Gasteiger partial charge in [-0.05, 0) is 24.3 Å². The van der Waals surface area contributed by atoms with E-state index in [-0.39, 0.29) is 5.75 Å². The molecule has 0 spiro atoms. The number of phenolic OH excluding ortho intramolecular Hbond substituents is 1. The van der Waals surface area contributed by atoms with Crippen molar-refractivity contribution in [2.75, 3.05) is 7.11 Å². The minimum absolute atomic E-state index is 0.201.